The minimum atomic E-state index is 0.121. The van der Waals surface area contributed by atoms with Crippen LogP contribution in [0, 0.1) is 0 Å². The van der Waals surface area contributed by atoms with Gasteiger partial charge in [-0.3, -0.25) is 0 Å². The molecule has 0 aliphatic heterocycles. The molecule has 0 aliphatic carbocycles. The van der Waals surface area contributed by atoms with Gasteiger partial charge >= 0.3 is 0 Å². The number of anilines is 1. The van der Waals surface area contributed by atoms with E-state index in [-0.39, 0.29) is 5.75 Å². The van der Waals surface area contributed by atoms with Gasteiger partial charge in [0.15, 0.2) is 5.75 Å². The molecule has 0 spiro atoms. The minimum absolute atomic E-state index is 0.121. The van der Waals surface area contributed by atoms with Crippen molar-refractivity contribution in [2.24, 2.45) is 0 Å². The van der Waals surface area contributed by atoms with Crippen LogP contribution >= 0.6 is 11.6 Å². The van der Waals surface area contributed by atoms with Crippen molar-refractivity contribution >= 4 is 17.3 Å². The topological polar surface area (TPSA) is 32.3 Å². The van der Waals surface area contributed by atoms with Gasteiger partial charge in [-0.25, -0.2) is 0 Å². The third-order valence-corrected chi connectivity index (χ3v) is 1.66. The van der Waals surface area contributed by atoms with Gasteiger partial charge in [0.05, 0.1) is 10.7 Å². The standard InChI is InChI=1S/C8H10ClNO/c1-2-10-7-5-3-4-6(9)8(7)11/h3-5,10-11H,2H2,1H3. The van der Waals surface area contributed by atoms with Crippen LogP contribution in [0.4, 0.5) is 5.69 Å². The van der Waals surface area contributed by atoms with E-state index in [9.17, 15) is 5.11 Å². The van der Waals surface area contributed by atoms with Crippen LogP contribution in [-0.2, 0) is 0 Å². The molecule has 0 saturated heterocycles. The van der Waals surface area contributed by atoms with Crippen LogP contribution in [0.1, 0.15) is 6.92 Å². The van der Waals surface area contributed by atoms with E-state index in [4.69, 9.17) is 11.6 Å². The van der Waals surface area contributed by atoms with E-state index in [2.05, 4.69) is 5.32 Å². The first-order chi connectivity index (χ1) is 5.25. The summed E-state index contributed by atoms with van der Waals surface area (Å²) in [5, 5.41) is 12.7. The molecule has 0 aromatic heterocycles. The second kappa shape index (κ2) is 3.49. The van der Waals surface area contributed by atoms with Gasteiger partial charge in [-0.1, -0.05) is 17.7 Å². The molecule has 11 heavy (non-hydrogen) atoms. The molecule has 0 atom stereocenters. The summed E-state index contributed by atoms with van der Waals surface area (Å²) >= 11 is 5.66. The molecule has 60 valence electrons. The number of aromatic hydroxyl groups is 1. The van der Waals surface area contributed by atoms with Crippen molar-refractivity contribution in [3.63, 3.8) is 0 Å². The van der Waals surface area contributed by atoms with E-state index < -0.39 is 0 Å². The maximum Gasteiger partial charge on any atom is 0.157 e. The normalized spacial score (nSPS) is 9.64. The van der Waals surface area contributed by atoms with Crippen LogP contribution in [0.2, 0.25) is 5.02 Å². The SMILES string of the molecule is CCNc1cccc(Cl)c1O. The summed E-state index contributed by atoms with van der Waals surface area (Å²) in [6.07, 6.45) is 0. The highest BCUT2D eigenvalue weighted by Crippen LogP contribution is 2.30. The van der Waals surface area contributed by atoms with Crippen molar-refractivity contribution < 1.29 is 5.11 Å². The van der Waals surface area contributed by atoms with Gasteiger partial charge in [-0.05, 0) is 19.1 Å². The quantitative estimate of drug-likeness (QED) is 0.671. The zero-order chi connectivity index (χ0) is 8.27. The second-order valence-corrected chi connectivity index (χ2v) is 2.57. The fourth-order valence-corrected chi connectivity index (χ4v) is 1.02. The smallest absolute Gasteiger partial charge is 0.157 e. The first kappa shape index (κ1) is 8.21. The predicted octanol–water partition coefficient (Wildman–Crippen LogP) is 2.48. The van der Waals surface area contributed by atoms with E-state index in [1.165, 1.54) is 0 Å². The first-order valence-electron chi connectivity index (χ1n) is 3.47. The highest BCUT2D eigenvalue weighted by molar-refractivity contribution is 6.32. The van der Waals surface area contributed by atoms with E-state index in [0.29, 0.717) is 10.7 Å². The molecule has 0 unspecified atom stereocenters. The van der Waals surface area contributed by atoms with E-state index >= 15 is 0 Å². The van der Waals surface area contributed by atoms with Gasteiger partial charge in [-0.15, -0.1) is 0 Å². The number of rotatable bonds is 2. The van der Waals surface area contributed by atoms with Crippen molar-refractivity contribution in [3.05, 3.63) is 23.2 Å². The Bertz CT molecular complexity index is 250. The van der Waals surface area contributed by atoms with Crippen LogP contribution in [-0.4, -0.2) is 11.7 Å². The summed E-state index contributed by atoms with van der Waals surface area (Å²) in [4.78, 5) is 0. The van der Waals surface area contributed by atoms with Gasteiger partial charge in [0.2, 0.25) is 0 Å². The third-order valence-electron chi connectivity index (χ3n) is 1.35. The zero-order valence-corrected chi connectivity index (χ0v) is 7.02. The average molecular weight is 172 g/mol. The number of phenolic OH excluding ortho intramolecular Hbond substituents is 1. The van der Waals surface area contributed by atoms with Crippen LogP contribution in [0.25, 0.3) is 0 Å². The summed E-state index contributed by atoms with van der Waals surface area (Å²) in [5.41, 5.74) is 0.681. The number of nitrogens with one attached hydrogen (secondary N) is 1. The molecule has 1 aromatic carbocycles. The summed E-state index contributed by atoms with van der Waals surface area (Å²) in [5.74, 6) is 0.121. The van der Waals surface area contributed by atoms with Crippen molar-refractivity contribution in [2.75, 3.05) is 11.9 Å². The summed E-state index contributed by atoms with van der Waals surface area (Å²) < 4.78 is 0. The molecular formula is C8H10ClNO. The number of phenols is 1. The Balaban J connectivity index is 2.96. The Hall–Kier alpha value is -0.890. The van der Waals surface area contributed by atoms with E-state index in [1.54, 1.807) is 18.2 Å². The summed E-state index contributed by atoms with van der Waals surface area (Å²) in [6, 6.07) is 5.22. The molecule has 0 radical (unpaired) electrons. The Morgan fingerprint density at radius 2 is 2.27 bits per heavy atom. The van der Waals surface area contributed by atoms with Crippen molar-refractivity contribution in [1.82, 2.24) is 0 Å². The molecule has 0 saturated carbocycles. The lowest BCUT2D eigenvalue weighted by atomic mass is 10.3. The maximum atomic E-state index is 9.33. The average Bonchev–Trinajstić information content (AvgIpc) is 1.99. The molecule has 2 N–H and O–H groups in total. The Morgan fingerprint density at radius 3 is 2.91 bits per heavy atom. The maximum absolute atomic E-state index is 9.33. The molecular weight excluding hydrogens is 162 g/mol. The Morgan fingerprint density at radius 1 is 1.55 bits per heavy atom. The number of hydrogen-bond donors (Lipinski definition) is 2. The van der Waals surface area contributed by atoms with Crippen LogP contribution in [0.5, 0.6) is 5.75 Å². The molecule has 1 aromatic rings. The molecule has 0 heterocycles. The lowest BCUT2D eigenvalue weighted by Gasteiger charge is -2.05. The molecule has 0 fully saturated rings. The van der Waals surface area contributed by atoms with Crippen LogP contribution in [0.3, 0.4) is 0 Å². The number of halogens is 1. The molecule has 3 heteroatoms. The fourth-order valence-electron chi connectivity index (χ4n) is 0.848. The molecule has 0 bridgehead atoms. The van der Waals surface area contributed by atoms with Crippen LogP contribution < -0.4 is 5.32 Å². The predicted molar refractivity (Wildman–Crippen MR) is 47.3 cm³/mol. The lowest BCUT2D eigenvalue weighted by Crippen LogP contribution is -1.96. The van der Waals surface area contributed by atoms with Crippen LogP contribution in [0.15, 0.2) is 18.2 Å². The fraction of sp³-hybridized carbons (Fsp3) is 0.250. The van der Waals surface area contributed by atoms with E-state index in [0.717, 1.165) is 6.54 Å². The number of benzene rings is 1. The van der Waals surface area contributed by atoms with Crippen molar-refractivity contribution in [1.29, 1.82) is 0 Å². The van der Waals surface area contributed by atoms with Gasteiger partial charge in [0, 0.05) is 6.54 Å². The van der Waals surface area contributed by atoms with Crippen molar-refractivity contribution in [2.45, 2.75) is 6.92 Å². The van der Waals surface area contributed by atoms with Crippen molar-refractivity contribution in [3.8, 4) is 5.75 Å². The molecule has 1 rings (SSSR count). The zero-order valence-electron chi connectivity index (χ0n) is 6.26. The summed E-state index contributed by atoms with van der Waals surface area (Å²) in [6.45, 7) is 2.73. The highest BCUT2D eigenvalue weighted by atomic mass is 35.5. The van der Waals surface area contributed by atoms with Gasteiger partial charge in [0.1, 0.15) is 0 Å². The second-order valence-electron chi connectivity index (χ2n) is 2.17. The highest BCUT2D eigenvalue weighted by Gasteiger charge is 2.01. The molecule has 0 aliphatic rings. The number of para-hydroxylation sites is 1. The molecule has 2 nitrogen and oxygen atoms in total. The largest absolute Gasteiger partial charge is 0.504 e. The Labute approximate surface area is 70.8 Å². The minimum Gasteiger partial charge on any atom is -0.504 e. The van der Waals surface area contributed by atoms with Gasteiger partial charge < -0.3 is 10.4 Å². The molecule has 0 amide bonds. The summed E-state index contributed by atoms with van der Waals surface area (Å²) in [7, 11) is 0. The first-order valence-corrected chi connectivity index (χ1v) is 3.85. The third kappa shape index (κ3) is 1.77. The Kier molecular flexibility index (Phi) is 2.60. The van der Waals surface area contributed by atoms with Gasteiger partial charge in [0.25, 0.3) is 0 Å². The lowest BCUT2D eigenvalue weighted by molar-refractivity contribution is 0.477. The monoisotopic (exact) mass is 171 g/mol. The van der Waals surface area contributed by atoms with E-state index in [1.807, 2.05) is 6.92 Å². The van der Waals surface area contributed by atoms with Gasteiger partial charge in [-0.2, -0.15) is 0 Å². The number of hydrogen-bond acceptors (Lipinski definition) is 2.